The number of benzene rings is 1. The molecule has 1 aromatic rings. The third kappa shape index (κ3) is 2.73. The third-order valence-electron chi connectivity index (χ3n) is 2.18. The Bertz CT molecular complexity index is 401. The van der Waals surface area contributed by atoms with Crippen molar-refractivity contribution in [2.24, 2.45) is 5.73 Å². The number of nitrogens with zero attached hydrogens (tertiary/aromatic N) is 1. The van der Waals surface area contributed by atoms with Gasteiger partial charge in [-0.2, -0.15) is 0 Å². The Hall–Kier alpha value is -1.55. The van der Waals surface area contributed by atoms with Gasteiger partial charge in [-0.15, -0.1) is 0 Å². The SMILES string of the molecule is CN(C)C(=O)C(C(N)=O)c1ccc(Cl)cc1. The van der Waals surface area contributed by atoms with E-state index in [0.29, 0.717) is 10.6 Å². The first-order valence-electron chi connectivity index (χ1n) is 4.69. The molecule has 4 nitrogen and oxygen atoms in total. The fourth-order valence-electron chi connectivity index (χ4n) is 1.34. The van der Waals surface area contributed by atoms with E-state index >= 15 is 0 Å². The third-order valence-corrected chi connectivity index (χ3v) is 2.43. The molecule has 5 heteroatoms. The first-order valence-corrected chi connectivity index (χ1v) is 5.07. The molecule has 0 aliphatic rings. The highest BCUT2D eigenvalue weighted by Crippen LogP contribution is 2.19. The zero-order valence-corrected chi connectivity index (χ0v) is 9.86. The molecule has 0 aliphatic carbocycles. The monoisotopic (exact) mass is 240 g/mol. The van der Waals surface area contributed by atoms with Crippen molar-refractivity contribution in [3.63, 3.8) is 0 Å². The number of likely N-dealkylation sites (N-methyl/N-ethyl adjacent to an activating group) is 1. The Kier molecular flexibility index (Phi) is 3.90. The summed E-state index contributed by atoms with van der Waals surface area (Å²) in [5, 5.41) is 0.546. The summed E-state index contributed by atoms with van der Waals surface area (Å²) in [7, 11) is 3.16. The van der Waals surface area contributed by atoms with Gasteiger partial charge in [0.1, 0.15) is 5.92 Å². The van der Waals surface area contributed by atoms with E-state index in [0.717, 1.165) is 0 Å². The minimum absolute atomic E-state index is 0.338. The molecule has 0 heterocycles. The van der Waals surface area contributed by atoms with Crippen LogP contribution in [0.4, 0.5) is 0 Å². The van der Waals surface area contributed by atoms with E-state index in [4.69, 9.17) is 17.3 Å². The van der Waals surface area contributed by atoms with Crippen LogP contribution in [-0.4, -0.2) is 30.8 Å². The number of carbonyl (C=O) groups excluding carboxylic acids is 2. The molecule has 1 atom stereocenters. The Morgan fingerprint density at radius 1 is 1.25 bits per heavy atom. The Morgan fingerprint density at radius 3 is 2.12 bits per heavy atom. The van der Waals surface area contributed by atoms with Crippen LogP contribution in [0.15, 0.2) is 24.3 Å². The lowest BCUT2D eigenvalue weighted by Gasteiger charge is -2.18. The van der Waals surface area contributed by atoms with Crippen LogP contribution < -0.4 is 5.73 Å². The number of carbonyl (C=O) groups is 2. The quantitative estimate of drug-likeness (QED) is 0.801. The Balaban J connectivity index is 3.08. The van der Waals surface area contributed by atoms with Gasteiger partial charge in [0.25, 0.3) is 0 Å². The van der Waals surface area contributed by atoms with E-state index in [-0.39, 0.29) is 5.91 Å². The second-order valence-corrected chi connectivity index (χ2v) is 4.06. The van der Waals surface area contributed by atoms with Gasteiger partial charge in [0.05, 0.1) is 0 Å². The van der Waals surface area contributed by atoms with Crippen LogP contribution >= 0.6 is 11.6 Å². The van der Waals surface area contributed by atoms with E-state index < -0.39 is 11.8 Å². The van der Waals surface area contributed by atoms with Gasteiger partial charge < -0.3 is 10.6 Å². The normalized spacial score (nSPS) is 11.9. The molecule has 86 valence electrons. The molecule has 0 saturated carbocycles. The van der Waals surface area contributed by atoms with Crippen molar-refractivity contribution in [3.8, 4) is 0 Å². The lowest BCUT2D eigenvalue weighted by molar-refractivity contribution is -0.135. The lowest BCUT2D eigenvalue weighted by Crippen LogP contribution is -2.36. The molecule has 0 bridgehead atoms. The molecule has 1 rings (SSSR count). The predicted octanol–water partition coefficient (Wildman–Crippen LogP) is 0.997. The number of amides is 2. The van der Waals surface area contributed by atoms with Crippen molar-refractivity contribution in [1.82, 2.24) is 4.90 Å². The summed E-state index contributed by atoms with van der Waals surface area (Å²) in [5.41, 5.74) is 5.78. The van der Waals surface area contributed by atoms with Crippen LogP contribution in [0.25, 0.3) is 0 Å². The number of hydrogen-bond acceptors (Lipinski definition) is 2. The minimum Gasteiger partial charge on any atom is -0.369 e. The van der Waals surface area contributed by atoms with Crippen molar-refractivity contribution in [1.29, 1.82) is 0 Å². The fourth-order valence-corrected chi connectivity index (χ4v) is 1.47. The van der Waals surface area contributed by atoms with Crippen molar-refractivity contribution in [2.45, 2.75) is 5.92 Å². The summed E-state index contributed by atoms with van der Waals surface area (Å²) in [6.45, 7) is 0. The van der Waals surface area contributed by atoms with Gasteiger partial charge >= 0.3 is 0 Å². The summed E-state index contributed by atoms with van der Waals surface area (Å²) in [6.07, 6.45) is 0. The highest BCUT2D eigenvalue weighted by molar-refractivity contribution is 6.30. The maximum absolute atomic E-state index is 11.8. The van der Waals surface area contributed by atoms with E-state index in [1.54, 1.807) is 38.4 Å². The van der Waals surface area contributed by atoms with Crippen LogP contribution in [0.1, 0.15) is 11.5 Å². The van der Waals surface area contributed by atoms with Crippen LogP contribution in [0.2, 0.25) is 5.02 Å². The Labute approximate surface area is 99.0 Å². The van der Waals surface area contributed by atoms with E-state index in [9.17, 15) is 9.59 Å². The van der Waals surface area contributed by atoms with Crippen LogP contribution in [0.3, 0.4) is 0 Å². The van der Waals surface area contributed by atoms with Crippen molar-refractivity contribution >= 4 is 23.4 Å². The number of nitrogens with two attached hydrogens (primary N) is 1. The van der Waals surface area contributed by atoms with Crippen molar-refractivity contribution < 1.29 is 9.59 Å². The molecule has 0 aliphatic heterocycles. The first kappa shape index (κ1) is 12.5. The second kappa shape index (κ2) is 4.99. The van der Waals surface area contributed by atoms with Gasteiger partial charge in [0.15, 0.2) is 0 Å². The largest absolute Gasteiger partial charge is 0.369 e. The summed E-state index contributed by atoms with van der Waals surface area (Å²) < 4.78 is 0. The number of hydrogen-bond donors (Lipinski definition) is 1. The molecule has 2 N–H and O–H groups in total. The van der Waals surface area contributed by atoms with Crippen molar-refractivity contribution in [3.05, 3.63) is 34.9 Å². The van der Waals surface area contributed by atoms with E-state index in [1.807, 2.05) is 0 Å². The van der Waals surface area contributed by atoms with Gasteiger partial charge in [0, 0.05) is 19.1 Å². The highest BCUT2D eigenvalue weighted by Gasteiger charge is 2.27. The molecule has 1 unspecified atom stereocenters. The Morgan fingerprint density at radius 2 is 1.75 bits per heavy atom. The summed E-state index contributed by atoms with van der Waals surface area (Å²) in [4.78, 5) is 24.4. The summed E-state index contributed by atoms with van der Waals surface area (Å²) in [5.74, 6) is -1.96. The molecule has 0 radical (unpaired) electrons. The number of rotatable bonds is 3. The molecule has 2 amide bonds. The average molecular weight is 241 g/mol. The molecule has 0 fully saturated rings. The first-order chi connectivity index (χ1) is 7.43. The average Bonchev–Trinajstić information content (AvgIpc) is 2.20. The molecule has 0 aromatic heterocycles. The van der Waals surface area contributed by atoms with E-state index in [1.165, 1.54) is 4.90 Å². The number of halogens is 1. The maximum Gasteiger partial charge on any atom is 0.239 e. The second-order valence-electron chi connectivity index (χ2n) is 3.62. The topological polar surface area (TPSA) is 63.4 Å². The minimum atomic E-state index is -0.952. The zero-order chi connectivity index (χ0) is 12.3. The van der Waals surface area contributed by atoms with Crippen LogP contribution in [-0.2, 0) is 9.59 Å². The predicted molar refractivity (Wildman–Crippen MR) is 62.1 cm³/mol. The van der Waals surface area contributed by atoms with Gasteiger partial charge in [-0.1, -0.05) is 23.7 Å². The smallest absolute Gasteiger partial charge is 0.239 e. The zero-order valence-electron chi connectivity index (χ0n) is 9.11. The van der Waals surface area contributed by atoms with E-state index in [2.05, 4.69) is 0 Å². The maximum atomic E-state index is 11.8. The molecule has 16 heavy (non-hydrogen) atoms. The summed E-state index contributed by atoms with van der Waals surface area (Å²) >= 11 is 5.73. The van der Waals surface area contributed by atoms with Gasteiger partial charge in [0.2, 0.25) is 11.8 Å². The molecule has 0 spiro atoms. The standard InChI is InChI=1S/C11H13ClN2O2/c1-14(2)11(16)9(10(13)15)7-3-5-8(12)6-4-7/h3-6,9H,1-2H3,(H2,13,15). The molecule has 0 saturated heterocycles. The van der Waals surface area contributed by atoms with Gasteiger partial charge in [-0.25, -0.2) is 0 Å². The molecular formula is C11H13ClN2O2. The van der Waals surface area contributed by atoms with Gasteiger partial charge in [-0.05, 0) is 17.7 Å². The summed E-state index contributed by atoms with van der Waals surface area (Å²) in [6, 6.07) is 6.49. The molecular weight excluding hydrogens is 228 g/mol. The van der Waals surface area contributed by atoms with Crippen molar-refractivity contribution in [2.75, 3.05) is 14.1 Å². The molecule has 1 aromatic carbocycles. The van der Waals surface area contributed by atoms with Crippen LogP contribution in [0.5, 0.6) is 0 Å². The fraction of sp³-hybridized carbons (Fsp3) is 0.273. The van der Waals surface area contributed by atoms with Crippen LogP contribution in [0, 0.1) is 0 Å². The number of primary amides is 1. The van der Waals surface area contributed by atoms with Gasteiger partial charge in [-0.3, -0.25) is 9.59 Å². The lowest BCUT2D eigenvalue weighted by atomic mass is 9.97. The highest BCUT2D eigenvalue weighted by atomic mass is 35.5.